The van der Waals surface area contributed by atoms with Gasteiger partial charge < -0.3 is 30.9 Å². The molecule has 3 amide bonds. The normalized spacial score (nSPS) is 13.6. The molecule has 1 fully saturated rings. The zero-order valence-corrected chi connectivity index (χ0v) is 18.0. The van der Waals surface area contributed by atoms with Crippen LogP contribution in [0.2, 0.25) is 0 Å². The first kappa shape index (κ1) is 23.1. The maximum atomic E-state index is 14.8. The summed E-state index contributed by atoms with van der Waals surface area (Å²) in [6.07, 6.45) is 1.52. The highest BCUT2D eigenvalue weighted by Crippen LogP contribution is 2.27. The molecule has 172 valence electrons. The highest BCUT2D eigenvalue weighted by atomic mass is 32.1. The zero-order valence-electron chi connectivity index (χ0n) is 17.2. The molecule has 0 aliphatic carbocycles. The number of halogens is 2. The van der Waals surface area contributed by atoms with E-state index in [-0.39, 0.29) is 61.7 Å². The second-order valence-electron chi connectivity index (χ2n) is 6.84. The lowest BCUT2D eigenvalue weighted by Gasteiger charge is -2.36. The van der Waals surface area contributed by atoms with Gasteiger partial charge >= 0.3 is 6.03 Å². The lowest BCUT2D eigenvalue weighted by atomic mass is 10.2. The first-order valence-electron chi connectivity index (χ1n) is 9.57. The quantitative estimate of drug-likeness (QED) is 0.501. The van der Waals surface area contributed by atoms with Crippen LogP contribution in [0.5, 0.6) is 0 Å². The molecule has 0 unspecified atom stereocenters. The number of carbonyl (C=O) groups is 2. The average molecular weight is 468 g/mol. The Labute approximate surface area is 187 Å². The highest BCUT2D eigenvalue weighted by molar-refractivity contribution is 7.80. The van der Waals surface area contributed by atoms with Gasteiger partial charge in [-0.3, -0.25) is 4.79 Å². The second kappa shape index (κ2) is 10.2. The number of aromatic nitrogens is 3. The number of urea groups is 1. The van der Waals surface area contributed by atoms with E-state index >= 15 is 0 Å². The number of anilines is 1. The van der Waals surface area contributed by atoms with E-state index in [2.05, 4.69) is 20.9 Å². The molecule has 1 aliphatic heterocycles. The summed E-state index contributed by atoms with van der Waals surface area (Å²) in [6.45, 7) is 0.987. The molecule has 11 nitrogen and oxygen atoms in total. The SMILES string of the molecule is COC(=S)NCc1cn(-c2cc(F)c(N3CCN(C(=O)CNC(N)=O)CC3)c(F)c2)nn1. The Balaban J connectivity index is 1.65. The van der Waals surface area contributed by atoms with Gasteiger partial charge in [-0.1, -0.05) is 5.21 Å². The van der Waals surface area contributed by atoms with Crippen molar-refractivity contribution in [1.82, 2.24) is 30.5 Å². The predicted molar refractivity (Wildman–Crippen MR) is 114 cm³/mol. The molecule has 32 heavy (non-hydrogen) atoms. The highest BCUT2D eigenvalue weighted by Gasteiger charge is 2.25. The lowest BCUT2D eigenvalue weighted by Crippen LogP contribution is -2.52. The minimum atomic E-state index is -0.796. The van der Waals surface area contributed by atoms with Crippen LogP contribution in [0, 0.1) is 11.6 Å². The first-order valence-corrected chi connectivity index (χ1v) is 9.97. The van der Waals surface area contributed by atoms with E-state index in [9.17, 15) is 18.4 Å². The molecule has 1 aromatic carbocycles. The molecular formula is C18H22F2N8O3S. The Bertz CT molecular complexity index is 987. The van der Waals surface area contributed by atoms with Crippen LogP contribution in [-0.2, 0) is 16.1 Å². The van der Waals surface area contributed by atoms with Gasteiger partial charge in [-0.25, -0.2) is 18.3 Å². The molecule has 1 aliphatic rings. The molecule has 0 bridgehead atoms. The van der Waals surface area contributed by atoms with Gasteiger partial charge in [0.1, 0.15) is 11.4 Å². The molecule has 1 saturated heterocycles. The molecule has 2 heterocycles. The van der Waals surface area contributed by atoms with Crippen LogP contribution in [0.25, 0.3) is 5.69 Å². The molecule has 4 N–H and O–H groups in total. The van der Waals surface area contributed by atoms with E-state index in [4.69, 9.17) is 22.7 Å². The van der Waals surface area contributed by atoms with Crippen LogP contribution < -0.4 is 21.3 Å². The number of rotatable bonds is 6. The molecule has 0 spiro atoms. The molecule has 2 aromatic rings. The van der Waals surface area contributed by atoms with Crippen LogP contribution in [0.3, 0.4) is 0 Å². The van der Waals surface area contributed by atoms with Crippen molar-refractivity contribution in [3.05, 3.63) is 35.7 Å². The fraction of sp³-hybridized carbons (Fsp3) is 0.389. The van der Waals surface area contributed by atoms with E-state index in [0.717, 1.165) is 0 Å². The fourth-order valence-electron chi connectivity index (χ4n) is 3.18. The number of methoxy groups -OCH3 is 1. The van der Waals surface area contributed by atoms with Gasteiger partial charge in [-0.15, -0.1) is 5.10 Å². The average Bonchev–Trinajstić information content (AvgIpc) is 3.25. The van der Waals surface area contributed by atoms with Crippen molar-refractivity contribution in [1.29, 1.82) is 0 Å². The number of amides is 3. The van der Waals surface area contributed by atoms with Crippen molar-refractivity contribution < 1.29 is 23.1 Å². The van der Waals surface area contributed by atoms with E-state index in [1.165, 1.54) is 39.9 Å². The number of nitrogens with two attached hydrogens (primary N) is 1. The number of hydrogen-bond donors (Lipinski definition) is 3. The Morgan fingerprint density at radius 3 is 2.44 bits per heavy atom. The summed E-state index contributed by atoms with van der Waals surface area (Å²) in [7, 11) is 1.43. The van der Waals surface area contributed by atoms with Gasteiger partial charge in [-0.05, 0) is 12.2 Å². The van der Waals surface area contributed by atoms with Crippen LogP contribution in [0.15, 0.2) is 18.3 Å². The Kier molecular flexibility index (Phi) is 7.35. The Hall–Kier alpha value is -3.55. The largest absolute Gasteiger partial charge is 0.474 e. The third kappa shape index (κ3) is 5.57. The van der Waals surface area contributed by atoms with Crippen molar-refractivity contribution in [3.63, 3.8) is 0 Å². The molecule has 3 rings (SSSR count). The first-order chi connectivity index (χ1) is 15.3. The van der Waals surface area contributed by atoms with E-state index in [1.807, 2.05) is 0 Å². The smallest absolute Gasteiger partial charge is 0.312 e. The number of carbonyl (C=O) groups excluding carboxylic acids is 2. The minimum Gasteiger partial charge on any atom is -0.474 e. The number of primary amides is 1. The van der Waals surface area contributed by atoms with Crippen molar-refractivity contribution >= 4 is 35.0 Å². The van der Waals surface area contributed by atoms with Crippen LogP contribution in [0.1, 0.15) is 5.69 Å². The third-order valence-corrected chi connectivity index (χ3v) is 5.08. The van der Waals surface area contributed by atoms with Crippen LogP contribution in [-0.4, -0.2) is 76.8 Å². The number of nitrogens with one attached hydrogen (secondary N) is 2. The van der Waals surface area contributed by atoms with Gasteiger partial charge in [0.15, 0.2) is 11.6 Å². The predicted octanol–water partition coefficient (Wildman–Crippen LogP) is -0.117. The minimum absolute atomic E-state index is 0.170. The summed E-state index contributed by atoms with van der Waals surface area (Å²) in [5.74, 6) is -1.83. The number of nitrogens with zero attached hydrogens (tertiary/aromatic N) is 5. The molecular weight excluding hydrogens is 446 g/mol. The number of hydrogen-bond acceptors (Lipinski definition) is 7. The third-order valence-electron chi connectivity index (χ3n) is 4.77. The topological polar surface area (TPSA) is 131 Å². The molecule has 0 atom stereocenters. The molecule has 0 radical (unpaired) electrons. The maximum absolute atomic E-state index is 14.8. The molecule has 14 heteroatoms. The second-order valence-corrected chi connectivity index (χ2v) is 7.21. The Morgan fingerprint density at radius 2 is 1.84 bits per heavy atom. The monoisotopic (exact) mass is 468 g/mol. The Morgan fingerprint density at radius 1 is 1.19 bits per heavy atom. The summed E-state index contributed by atoms with van der Waals surface area (Å²) < 4.78 is 35.7. The van der Waals surface area contributed by atoms with Crippen molar-refractivity contribution in [3.8, 4) is 5.69 Å². The number of thiocarbonyl (C=S) groups is 1. The van der Waals surface area contributed by atoms with Gasteiger partial charge in [0.05, 0.1) is 32.1 Å². The standard InChI is InChI=1S/C18H22F2N8O3S/c1-31-18(32)23-8-11-10-28(25-24-11)12-6-13(19)16(14(20)7-12)27-4-2-26(3-5-27)15(29)9-22-17(21)30/h6-7,10H,2-5,8-9H2,1H3,(H,23,32)(H3,21,22,30). The van der Waals surface area contributed by atoms with Crippen molar-refractivity contribution in [2.75, 3.05) is 44.7 Å². The van der Waals surface area contributed by atoms with Crippen molar-refractivity contribution in [2.24, 2.45) is 5.73 Å². The maximum Gasteiger partial charge on any atom is 0.312 e. The van der Waals surface area contributed by atoms with Gasteiger partial charge in [0, 0.05) is 38.3 Å². The lowest BCUT2D eigenvalue weighted by molar-refractivity contribution is -0.130. The number of piperazine rings is 1. The van der Waals surface area contributed by atoms with Gasteiger partial charge in [0.25, 0.3) is 5.17 Å². The van der Waals surface area contributed by atoms with E-state index in [0.29, 0.717) is 5.69 Å². The molecule has 0 saturated carbocycles. The van der Waals surface area contributed by atoms with E-state index in [1.54, 1.807) is 0 Å². The molecule has 1 aromatic heterocycles. The van der Waals surface area contributed by atoms with E-state index < -0.39 is 17.7 Å². The van der Waals surface area contributed by atoms with Gasteiger partial charge in [-0.2, -0.15) is 0 Å². The summed E-state index contributed by atoms with van der Waals surface area (Å²) >= 11 is 4.87. The summed E-state index contributed by atoms with van der Waals surface area (Å²) in [6, 6.07) is 1.53. The van der Waals surface area contributed by atoms with Gasteiger partial charge in [0.2, 0.25) is 5.91 Å². The summed E-state index contributed by atoms with van der Waals surface area (Å²) in [5.41, 5.74) is 5.45. The zero-order chi connectivity index (χ0) is 23.3. The number of benzene rings is 1. The number of ether oxygens (including phenoxy) is 1. The summed E-state index contributed by atoms with van der Waals surface area (Å²) in [4.78, 5) is 25.8. The van der Waals surface area contributed by atoms with Crippen LogP contribution in [0.4, 0.5) is 19.3 Å². The van der Waals surface area contributed by atoms with Crippen molar-refractivity contribution in [2.45, 2.75) is 6.54 Å². The summed E-state index contributed by atoms with van der Waals surface area (Å²) in [5, 5.41) is 13.0. The van der Waals surface area contributed by atoms with Crippen LogP contribution >= 0.6 is 12.2 Å². The fourth-order valence-corrected chi connectivity index (χ4v) is 3.25.